The van der Waals surface area contributed by atoms with Gasteiger partial charge in [0.25, 0.3) is 0 Å². The molecule has 3 heteroatoms. The van der Waals surface area contributed by atoms with Gasteiger partial charge in [-0.3, -0.25) is 0 Å². The van der Waals surface area contributed by atoms with Crippen LogP contribution in [-0.4, -0.2) is 17.2 Å². The molecule has 1 aliphatic carbocycles. The topological polar surface area (TPSA) is 20.2 Å². The van der Waals surface area contributed by atoms with E-state index in [4.69, 9.17) is 0 Å². The number of dihydropyridines is 1. The van der Waals surface area contributed by atoms with Crippen LogP contribution in [0.4, 0.5) is 11.4 Å². The largest absolute Gasteiger partial charge is 0.386 e. The molecule has 3 nitrogen and oxygen atoms in total. The molecule has 0 amide bonds. The summed E-state index contributed by atoms with van der Waals surface area (Å²) in [5.41, 5.74) is 15.9. The molecule has 8 aromatic rings. The van der Waals surface area contributed by atoms with E-state index in [1.165, 1.54) is 83.3 Å². The molecule has 1 aromatic heterocycles. The predicted molar refractivity (Wildman–Crippen MR) is 235 cm³/mol. The Labute approximate surface area is 327 Å². The highest BCUT2D eigenvalue weighted by Gasteiger charge is 2.38. The lowest BCUT2D eigenvalue weighted by Gasteiger charge is -2.36. The maximum atomic E-state index is 3.55. The summed E-state index contributed by atoms with van der Waals surface area (Å²) in [6.45, 7) is 0.813. The van der Waals surface area contributed by atoms with Crippen molar-refractivity contribution in [2.24, 2.45) is 0 Å². The molecule has 266 valence electrons. The second-order valence-corrected chi connectivity index (χ2v) is 14.9. The number of allylic oxidation sites excluding steroid dienone is 4. The Morgan fingerprint density at radius 3 is 2.14 bits per heavy atom. The van der Waals surface area contributed by atoms with E-state index in [0.717, 1.165) is 12.2 Å². The predicted octanol–water partition coefficient (Wildman–Crippen LogP) is 12.9. The number of para-hydroxylation sites is 2. The monoisotopic (exact) mass is 717 g/mol. The standard InChI is InChI=1S/C53H39N3/c1-2-15-36(16-3-1)40-31-41(35-54-34-40)38-19-12-21-42(32-38)55-49-28-9-6-24-46(49)52-47-25-7-10-29-50(47)56(53(52)48-26-8-11-30-51(48)55)43-22-13-20-39(33-43)45-27-14-18-37-17-4-5-23-44(37)45/h1-33,35,46,49,54H,34H2. The lowest BCUT2D eigenvalue weighted by molar-refractivity contribution is 0.701. The van der Waals surface area contributed by atoms with Crippen LogP contribution in [0.1, 0.15) is 22.6 Å². The van der Waals surface area contributed by atoms with Crippen molar-refractivity contribution in [1.82, 2.24) is 9.88 Å². The molecule has 0 spiro atoms. The van der Waals surface area contributed by atoms with Gasteiger partial charge in [-0.2, -0.15) is 0 Å². The number of hydrogen-bond acceptors (Lipinski definition) is 2. The maximum Gasteiger partial charge on any atom is 0.0629 e. The average molecular weight is 718 g/mol. The third kappa shape index (κ3) is 5.27. The van der Waals surface area contributed by atoms with Crippen LogP contribution in [0, 0.1) is 0 Å². The van der Waals surface area contributed by atoms with Gasteiger partial charge < -0.3 is 14.8 Å². The number of benzene rings is 7. The van der Waals surface area contributed by atoms with Gasteiger partial charge in [0, 0.05) is 41.0 Å². The van der Waals surface area contributed by atoms with Crippen LogP contribution in [0.5, 0.6) is 0 Å². The van der Waals surface area contributed by atoms with Gasteiger partial charge in [0.2, 0.25) is 0 Å². The molecule has 2 aliphatic heterocycles. The van der Waals surface area contributed by atoms with E-state index in [0.29, 0.717) is 0 Å². The van der Waals surface area contributed by atoms with Crippen molar-refractivity contribution in [3.05, 3.63) is 223 Å². The second-order valence-electron chi connectivity index (χ2n) is 14.9. The Kier molecular flexibility index (Phi) is 7.70. The molecule has 0 radical (unpaired) electrons. The normalized spacial score (nSPS) is 17.0. The van der Waals surface area contributed by atoms with Gasteiger partial charge in [-0.15, -0.1) is 0 Å². The lowest BCUT2D eigenvalue weighted by atomic mass is 9.85. The summed E-state index contributed by atoms with van der Waals surface area (Å²) in [4.78, 5) is 2.58. The zero-order chi connectivity index (χ0) is 37.0. The first kappa shape index (κ1) is 32.3. The summed E-state index contributed by atoms with van der Waals surface area (Å²) in [5.74, 6) is 0.110. The molecule has 3 heterocycles. The van der Waals surface area contributed by atoms with Crippen molar-refractivity contribution in [1.29, 1.82) is 0 Å². The number of nitrogens with zero attached hydrogens (tertiary/aromatic N) is 2. The average Bonchev–Trinajstić information content (AvgIpc) is 3.56. The van der Waals surface area contributed by atoms with Crippen LogP contribution in [0.2, 0.25) is 0 Å². The van der Waals surface area contributed by atoms with Gasteiger partial charge in [0.15, 0.2) is 0 Å². The summed E-state index contributed by atoms with van der Waals surface area (Å²) in [5, 5.41) is 7.36. The van der Waals surface area contributed by atoms with Crippen molar-refractivity contribution < 1.29 is 0 Å². The van der Waals surface area contributed by atoms with Gasteiger partial charge >= 0.3 is 0 Å². The molecule has 0 saturated heterocycles. The Morgan fingerprint density at radius 2 is 1.21 bits per heavy atom. The first-order valence-corrected chi connectivity index (χ1v) is 19.6. The van der Waals surface area contributed by atoms with Crippen LogP contribution in [0.15, 0.2) is 206 Å². The number of hydrogen-bond donors (Lipinski definition) is 1. The first-order valence-electron chi connectivity index (χ1n) is 19.6. The number of anilines is 2. The third-order valence-corrected chi connectivity index (χ3v) is 11.8. The van der Waals surface area contributed by atoms with E-state index >= 15 is 0 Å². The van der Waals surface area contributed by atoms with Crippen LogP contribution >= 0.6 is 0 Å². The fourth-order valence-electron chi connectivity index (χ4n) is 9.28. The molecule has 0 bridgehead atoms. The fourth-order valence-corrected chi connectivity index (χ4v) is 9.28. The summed E-state index contributed by atoms with van der Waals surface area (Å²) in [7, 11) is 0. The third-order valence-electron chi connectivity index (χ3n) is 11.8. The van der Waals surface area contributed by atoms with E-state index in [1.807, 2.05) is 0 Å². The SMILES string of the molecule is C1=CC2c3c(n(-c4cccc(-c5cccc6ccccc56)c4)c4ccccc34)-c3ccccc3N(c3cccc(C4=CNCC(c5ccccc5)=C4)c3)C2C=C1. The quantitative estimate of drug-likeness (QED) is 0.191. The van der Waals surface area contributed by atoms with Crippen molar-refractivity contribution in [2.75, 3.05) is 11.4 Å². The lowest BCUT2D eigenvalue weighted by Crippen LogP contribution is -2.34. The Bertz CT molecular complexity index is 2930. The minimum atomic E-state index is 0.0628. The van der Waals surface area contributed by atoms with Gasteiger partial charge in [0.05, 0.1) is 22.9 Å². The number of nitrogens with one attached hydrogen (secondary N) is 1. The molecule has 2 unspecified atom stereocenters. The Hall–Kier alpha value is -7.10. The van der Waals surface area contributed by atoms with Crippen LogP contribution in [0.25, 0.3) is 60.9 Å². The van der Waals surface area contributed by atoms with Gasteiger partial charge in [-0.25, -0.2) is 0 Å². The molecule has 3 aliphatic rings. The van der Waals surface area contributed by atoms with Crippen LogP contribution in [0.3, 0.4) is 0 Å². The molecule has 1 N–H and O–H groups in total. The highest BCUT2D eigenvalue weighted by atomic mass is 15.2. The van der Waals surface area contributed by atoms with E-state index in [1.54, 1.807) is 0 Å². The maximum absolute atomic E-state index is 3.55. The summed E-state index contributed by atoms with van der Waals surface area (Å²) < 4.78 is 2.52. The van der Waals surface area contributed by atoms with Crippen molar-refractivity contribution in [2.45, 2.75) is 12.0 Å². The Morgan fingerprint density at radius 1 is 0.536 bits per heavy atom. The van der Waals surface area contributed by atoms with Gasteiger partial charge in [-0.1, -0.05) is 158 Å². The minimum Gasteiger partial charge on any atom is -0.386 e. The number of rotatable bonds is 5. The first-order chi connectivity index (χ1) is 27.8. The molecular formula is C53H39N3. The fraction of sp³-hybridized carbons (Fsp3) is 0.0566. The molecular weight excluding hydrogens is 679 g/mol. The summed E-state index contributed by atoms with van der Waals surface area (Å²) >= 11 is 0. The molecule has 0 saturated carbocycles. The van der Waals surface area contributed by atoms with Crippen LogP contribution < -0.4 is 10.2 Å². The van der Waals surface area contributed by atoms with Crippen molar-refractivity contribution >= 4 is 44.2 Å². The highest BCUT2D eigenvalue weighted by Crippen LogP contribution is 2.52. The van der Waals surface area contributed by atoms with Gasteiger partial charge in [-0.05, 0) is 92.2 Å². The van der Waals surface area contributed by atoms with E-state index in [9.17, 15) is 0 Å². The highest BCUT2D eigenvalue weighted by molar-refractivity contribution is 6.01. The molecule has 2 atom stereocenters. The summed E-state index contributed by atoms with van der Waals surface area (Å²) in [6, 6.07) is 62.2. The second kappa shape index (κ2) is 13.3. The number of aromatic nitrogens is 1. The van der Waals surface area contributed by atoms with Crippen molar-refractivity contribution in [3.8, 4) is 28.1 Å². The van der Waals surface area contributed by atoms with E-state index < -0.39 is 0 Å². The zero-order valence-electron chi connectivity index (χ0n) is 30.9. The zero-order valence-corrected chi connectivity index (χ0v) is 30.9. The summed E-state index contributed by atoms with van der Waals surface area (Å²) in [6.07, 6.45) is 13.8. The smallest absolute Gasteiger partial charge is 0.0629 e. The van der Waals surface area contributed by atoms with Crippen LogP contribution in [-0.2, 0) is 0 Å². The van der Waals surface area contributed by atoms with E-state index in [-0.39, 0.29) is 12.0 Å². The number of fused-ring (bicyclic) bond motifs is 8. The molecule has 7 aromatic carbocycles. The molecule has 0 fully saturated rings. The minimum absolute atomic E-state index is 0.0628. The van der Waals surface area contributed by atoms with Crippen molar-refractivity contribution in [3.63, 3.8) is 0 Å². The molecule has 11 rings (SSSR count). The van der Waals surface area contributed by atoms with Gasteiger partial charge in [0.1, 0.15) is 0 Å². The van der Waals surface area contributed by atoms with E-state index in [2.05, 4.69) is 221 Å². The molecule has 56 heavy (non-hydrogen) atoms. The Balaban J connectivity index is 1.10.